The highest BCUT2D eigenvalue weighted by atomic mass is 32.2. The number of carbonyl (C=O) groups excluding carboxylic acids is 1. The number of rotatable bonds is 2. The van der Waals surface area contributed by atoms with Crippen LogP contribution in [0.2, 0.25) is 0 Å². The van der Waals surface area contributed by atoms with Gasteiger partial charge in [0, 0.05) is 0 Å². The molecule has 7 heteroatoms. The second-order valence-electron chi connectivity index (χ2n) is 5.13. The summed E-state index contributed by atoms with van der Waals surface area (Å²) in [6, 6.07) is 5.26. The van der Waals surface area contributed by atoms with E-state index in [9.17, 15) is 13.2 Å². The third kappa shape index (κ3) is 2.19. The molecule has 1 aromatic carbocycles. The second kappa shape index (κ2) is 4.61. The van der Waals surface area contributed by atoms with E-state index in [0.717, 1.165) is 31.2 Å². The molecule has 0 saturated heterocycles. The number of aliphatic imine (C=N–C) groups is 1. The highest BCUT2D eigenvalue weighted by molar-refractivity contribution is 7.92. The zero-order valence-corrected chi connectivity index (χ0v) is 11.6. The number of isocyanates is 1. The van der Waals surface area contributed by atoms with Crippen LogP contribution in [0.25, 0.3) is 0 Å². The average Bonchev–Trinajstić information content (AvgIpc) is 2.87. The van der Waals surface area contributed by atoms with Crippen molar-refractivity contribution in [3.8, 4) is 5.75 Å². The molecular weight excluding hydrogens is 280 g/mol. The molecule has 1 aliphatic heterocycles. The van der Waals surface area contributed by atoms with Crippen molar-refractivity contribution in [2.75, 3.05) is 10.7 Å². The van der Waals surface area contributed by atoms with Crippen LogP contribution in [0.15, 0.2) is 23.2 Å². The number of anilines is 1. The lowest BCUT2D eigenvalue weighted by molar-refractivity contribution is 0.373. The lowest BCUT2D eigenvalue weighted by atomic mass is 9.88. The lowest BCUT2D eigenvalue weighted by Crippen LogP contribution is -2.26. The smallest absolute Gasteiger partial charge is 0.268 e. The van der Waals surface area contributed by atoms with Gasteiger partial charge in [-0.05, 0) is 30.5 Å². The minimum Gasteiger partial charge on any atom is -0.474 e. The molecule has 1 fully saturated rings. The molecule has 1 heterocycles. The van der Waals surface area contributed by atoms with E-state index in [0.29, 0.717) is 11.4 Å². The van der Waals surface area contributed by atoms with E-state index < -0.39 is 15.6 Å². The van der Waals surface area contributed by atoms with E-state index in [4.69, 9.17) is 4.74 Å². The maximum absolute atomic E-state index is 11.5. The number of benzene rings is 1. The predicted molar refractivity (Wildman–Crippen MR) is 72.7 cm³/mol. The van der Waals surface area contributed by atoms with Crippen molar-refractivity contribution in [3.05, 3.63) is 23.8 Å². The summed E-state index contributed by atoms with van der Waals surface area (Å²) in [6.45, 7) is 0. The standard InChI is InChI=1S/C13H14N2O4S/c16-8-14-13(5-1-2-6-13)10-3-4-12-11(7-10)15-20(17,18)9-19-12/h3-4,7,15H,1-2,5-6,9H2. The van der Waals surface area contributed by atoms with Crippen LogP contribution in [0.5, 0.6) is 5.75 Å². The zero-order valence-electron chi connectivity index (χ0n) is 10.8. The number of fused-ring (bicyclic) bond motifs is 1. The van der Waals surface area contributed by atoms with Crippen molar-refractivity contribution in [2.24, 2.45) is 4.99 Å². The molecule has 6 nitrogen and oxygen atoms in total. The first kappa shape index (κ1) is 13.1. The minimum atomic E-state index is -3.45. The van der Waals surface area contributed by atoms with Gasteiger partial charge in [-0.2, -0.15) is 4.99 Å². The van der Waals surface area contributed by atoms with Crippen molar-refractivity contribution in [1.29, 1.82) is 0 Å². The number of nitrogens with one attached hydrogen (secondary N) is 1. The largest absolute Gasteiger partial charge is 0.474 e. The Balaban J connectivity index is 2.06. The van der Waals surface area contributed by atoms with Crippen LogP contribution in [0.1, 0.15) is 31.2 Å². The summed E-state index contributed by atoms with van der Waals surface area (Å²) >= 11 is 0. The number of sulfonamides is 1. The van der Waals surface area contributed by atoms with E-state index in [1.165, 1.54) is 0 Å². The Morgan fingerprint density at radius 3 is 2.75 bits per heavy atom. The maximum Gasteiger partial charge on any atom is 0.268 e. The monoisotopic (exact) mass is 294 g/mol. The van der Waals surface area contributed by atoms with Gasteiger partial charge in [0.2, 0.25) is 12.0 Å². The van der Waals surface area contributed by atoms with Gasteiger partial charge < -0.3 is 4.74 Å². The number of hydrogen-bond acceptors (Lipinski definition) is 5. The van der Waals surface area contributed by atoms with Crippen LogP contribution in [0.4, 0.5) is 5.69 Å². The highest BCUT2D eigenvalue weighted by Crippen LogP contribution is 2.44. The topological polar surface area (TPSA) is 84.8 Å². The van der Waals surface area contributed by atoms with E-state index in [-0.39, 0.29) is 5.94 Å². The van der Waals surface area contributed by atoms with Gasteiger partial charge in [-0.25, -0.2) is 13.2 Å². The van der Waals surface area contributed by atoms with Crippen LogP contribution in [-0.2, 0) is 20.4 Å². The van der Waals surface area contributed by atoms with Gasteiger partial charge in [0.05, 0.1) is 11.2 Å². The minimum absolute atomic E-state index is 0.378. The number of nitrogens with zero attached hydrogens (tertiary/aromatic N) is 1. The number of ether oxygens (including phenoxy) is 1. The normalized spacial score (nSPS) is 22.0. The van der Waals surface area contributed by atoms with Crippen molar-refractivity contribution in [1.82, 2.24) is 0 Å². The summed E-state index contributed by atoms with van der Waals surface area (Å²) in [5, 5.41) is 0. The zero-order chi connectivity index (χ0) is 14.2. The van der Waals surface area contributed by atoms with Gasteiger partial charge in [0.1, 0.15) is 5.75 Å². The summed E-state index contributed by atoms with van der Waals surface area (Å²) < 4.78 is 30.7. The molecule has 1 aliphatic carbocycles. The molecule has 2 aliphatic rings. The summed E-state index contributed by atoms with van der Waals surface area (Å²) in [4.78, 5) is 14.7. The van der Waals surface area contributed by atoms with Gasteiger partial charge in [-0.15, -0.1) is 0 Å². The molecule has 0 aromatic heterocycles. The Labute approximate surface area is 116 Å². The quantitative estimate of drug-likeness (QED) is 0.666. The Bertz CT molecular complexity index is 686. The summed E-state index contributed by atoms with van der Waals surface area (Å²) in [6.07, 6.45) is 5.18. The average molecular weight is 294 g/mol. The van der Waals surface area contributed by atoms with E-state index >= 15 is 0 Å². The van der Waals surface area contributed by atoms with Crippen LogP contribution in [0, 0.1) is 0 Å². The number of hydrogen-bond donors (Lipinski definition) is 1. The predicted octanol–water partition coefficient (Wildman–Crippen LogP) is 1.88. The third-order valence-electron chi connectivity index (χ3n) is 3.84. The molecule has 106 valence electrons. The Kier molecular flexibility index (Phi) is 3.03. The van der Waals surface area contributed by atoms with E-state index in [1.807, 2.05) is 6.07 Å². The Hall–Kier alpha value is -1.85. The summed E-state index contributed by atoms with van der Waals surface area (Å²) in [5.74, 6) is 0.114. The van der Waals surface area contributed by atoms with Crippen LogP contribution >= 0.6 is 0 Å². The van der Waals surface area contributed by atoms with Gasteiger partial charge >= 0.3 is 0 Å². The molecule has 20 heavy (non-hydrogen) atoms. The van der Waals surface area contributed by atoms with Gasteiger partial charge in [-0.1, -0.05) is 18.9 Å². The van der Waals surface area contributed by atoms with E-state index in [2.05, 4.69) is 9.71 Å². The molecule has 3 rings (SSSR count). The fourth-order valence-electron chi connectivity index (χ4n) is 2.88. The highest BCUT2D eigenvalue weighted by Gasteiger charge is 2.36. The van der Waals surface area contributed by atoms with Gasteiger partial charge in [-0.3, -0.25) is 4.72 Å². The molecule has 0 radical (unpaired) electrons. The lowest BCUT2D eigenvalue weighted by Gasteiger charge is -2.26. The molecular formula is C13H14N2O4S. The van der Waals surface area contributed by atoms with Crippen molar-refractivity contribution >= 4 is 21.8 Å². The van der Waals surface area contributed by atoms with Crippen LogP contribution in [0.3, 0.4) is 0 Å². The molecule has 0 unspecified atom stereocenters. The Morgan fingerprint density at radius 1 is 1.30 bits per heavy atom. The van der Waals surface area contributed by atoms with Crippen molar-refractivity contribution in [3.63, 3.8) is 0 Å². The molecule has 0 atom stereocenters. The van der Waals surface area contributed by atoms with Gasteiger partial charge in [0.25, 0.3) is 10.0 Å². The first-order valence-electron chi connectivity index (χ1n) is 6.42. The second-order valence-corrected chi connectivity index (χ2v) is 6.80. The molecule has 1 aromatic rings. The first-order chi connectivity index (χ1) is 9.55. The fourth-order valence-corrected chi connectivity index (χ4v) is 3.71. The third-order valence-corrected chi connectivity index (χ3v) is 4.80. The Morgan fingerprint density at radius 2 is 2.05 bits per heavy atom. The van der Waals surface area contributed by atoms with E-state index in [1.54, 1.807) is 18.2 Å². The van der Waals surface area contributed by atoms with Crippen LogP contribution in [-0.4, -0.2) is 20.4 Å². The van der Waals surface area contributed by atoms with Crippen molar-refractivity contribution < 1.29 is 17.9 Å². The van der Waals surface area contributed by atoms with Gasteiger partial charge in [0.15, 0.2) is 0 Å². The molecule has 0 bridgehead atoms. The maximum atomic E-state index is 11.5. The van der Waals surface area contributed by atoms with Crippen molar-refractivity contribution in [2.45, 2.75) is 31.2 Å². The van der Waals surface area contributed by atoms with Crippen LogP contribution < -0.4 is 9.46 Å². The SMILES string of the molecule is O=C=NC1(c2ccc3c(c2)NS(=O)(=O)CO3)CCCC1. The molecule has 1 N–H and O–H groups in total. The first-order valence-corrected chi connectivity index (χ1v) is 8.07. The molecule has 1 saturated carbocycles. The molecule has 0 amide bonds. The molecule has 0 spiro atoms. The fraction of sp³-hybridized carbons (Fsp3) is 0.462. The summed E-state index contributed by atoms with van der Waals surface area (Å²) in [5.41, 5.74) is 0.658. The summed E-state index contributed by atoms with van der Waals surface area (Å²) in [7, 11) is -3.45.